The summed E-state index contributed by atoms with van der Waals surface area (Å²) in [6, 6.07) is 2.11. The fourth-order valence-electron chi connectivity index (χ4n) is 2.23. The lowest BCUT2D eigenvalue weighted by Gasteiger charge is -2.41. The molecule has 0 aromatic rings. The molecule has 0 bridgehead atoms. The molecule has 0 spiro atoms. The van der Waals surface area contributed by atoms with Crippen molar-refractivity contribution in [3.63, 3.8) is 0 Å². The third-order valence-corrected chi connectivity index (χ3v) is 3.24. The normalized spacial score (nSPS) is 26.6. The molecule has 1 fully saturated rings. The Morgan fingerprint density at radius 2 is 1.88 bits per heavy atom. The van der Waals surface area contributed by atoms with E-state index in [-0.39, 0.29) is 18.4 Å². The van der Waals surface area contributed by atoms with Crippen molar-refractivity contribution in [2.75, 3.05) is 27.7 Å². The molecule has 5 nitrogen and oxygen atoms in total. The molecule has 0 heterocycles. The number of amides is 2. The first kappa shape index (κ1) is 13.5. The lowest BCUT2D eigenvalue weighted by atomic mass is 9.63. The van der Waals surface area contributed by atoms with Crippen molar-refractivity contribution in [3.05, 3.63) is 0 Å². The van der Waals surface area contributed by atoms with Gasteiger partial charge in [0.25, 0.3) is 0 Å². The molecule has 0 unspecified atom stereocenters. The van der Waals surface area contributed by atoms with Gasteiger partial charge in [0.1, 0.15) is 5.41 Å². The van der Waals surface area contributed by atoms with Gasteiger partial charge in [-0.3, -0.25) is 9.59 Å². The van der Waals surface area contributed by atoms with Gasteiger partial charge < -0.3 is 9.80 Å². The van der Waals surface area contributed by atoms with Crippen molar-refractivity contribution >= 4 is 11.8 Å². The molecule has 5 heteroatoms. The maximum Gasteiger partial charge on any atom is 0.243 e. The van der Waals surface area contributed by atoms with E-state index in [0.29, 0.717) is 18.8 Å². The van der Waals surface area contributed by atoms with Crippen LogP contribution in [0.25, 0.3) is 0 Å². The summed E-state index contributed by atoms with van der Waals surface area (Å²) in [6.45, 7) is 2.05. The Morgan fingerprint density at radius 1 is 1.35 bits per heavy atom. The molecule has 1 aliphatic rings. The van der Waals surface area contributed by atoms with Crippen LogP contribution in [0.15, 0.2) is 0 Å². The zero-order valence-electron chi connectivity index (χ0n) is 10.9. The van der Waals surface area contributed by atoms with Crippen LogP contribution < -0.4 is 0 Å². The number of hydrogen-bond donors (Lipinski definition) is 0. The fourth-order valence-corrected chi connectivity index (χ4v) is 2.23. The number of carbonyl (C=O) groups is 2. The topological polar surface area (TPSA) is 64.4 Å². The summed E-state index contributed by atoms with van der Waals surface area (Å²) in [5.41, 5.74) is -0.888. The largest absolute Gasteiger partial charge is 0.347 e. The SMILES string of the molecule is CC1CC(C#N)(C(=O)N(C)CC(=O)N(C)C)C1. The average Bonchev–Trinajstić information content (AvgIpc) is 2.23. The molecular weight excluding hydrogens is 218 g/mol. The van der Waals surface area contributed by atoms with E-state index in [2.05, 4.69) is 6.07 Å². The van der Waals surface area contributed by atoms with Crippen LogP contribution in [-0.4, -0.2) is 49.3 Å². The maximum absolute atomic E-state index is 12.1. The summed E-state index contributed by atoms with van der Waals surface area (Å²) in [6.07, 6.45) is 1.20. The van der Waals surface area contributed by atoms with Crippen LogP contribution in [0, 0.1) is 22.7 Å². The standard InChI is InChI=1S/C12H19N3O2/c1-9-5-12(6-9,8-13)11(17)15(4)7-10(16)14(2)3/h9H,5-7H2,1-4H3. The lowest BCUT2D eigenvalue weighted by molar-refractivity contribution is -0.147. The first-order valence-corrected chi connectivity index (χ1v) is 5.69. The first-order valence-electron chi connectivity index (χ1n) is 5.69. The minimum atomic E-state index is -0.888. The van der Waals surface area contributed by atoms with E-state index in [1.54, 1.807) is 21.1 Å². The third-order valence-electron chi connectivity index (χ3n) is 3.24. The van der Waals surface area contributed by atoms with Gasteiger partial charge in [0.15, 0.2) is 0 Å². The van der Waals surface area contributed by atoms with Gasteiger partial charge >= 0.3 is 0 Å². The summed E-state index contributed by atoms with van der Waals surface area (Å²) < 4.78 is 0. The zero-order valence-corrected chi connectivity index (χ0v) is 10.9. The van der Waals surface area contributed by atoms with E-state index >= 15 is 0 Å². The summed E-state index contributed by atoms with van der Waals surface area (Å²) in [7, 11) is 4.87. The van der Waals surface area contributed by atoms with Crippen LogP contribution >= 0.6 is 0 Å². The number of rotatable bonds is 3. The summed E-state index contributed by atoms with van der Waals surface area (Å²) in [5.74, 6) is 0.0474. The van der Waals surface area contributed by atoms with Gasteiger partial charge in [0.05, 0.1) is 12.6 Å². The molecule has 0 atom stereocenters. The van der Waals surface area contributed by atoms with Crippen molar-refractivity contribution in [2.24, 2.45) is 11.3 Å². The zero-order chi connectivity index (χ0) is 13.2. The highest BCUT2D eigenvalue weighted by molar-refractivity contribution is 5.90. The molecule has 0 aromatic carbocycles. The van der Waals surface area contributed by atoms with Crippen molar-refractivity contribution in [1.82, 2.24) is 9.80 Å². The Bertz CT molecular complexity index is 364. The van der Waals surface area contributed by atoms with Crippen molar-refractivity contribution in [1.29, 1.82) is 5.26 Å². The van der Waals surface area contributed by atoms with E-state index in [1.807, 2.05) is 6.92 Å². The van der Waals surface area contributed by atoms with Crippen LogP contribution in [-0.2, 0) is 9.59 Å². The van der Waals surface area contributed by atoms with Crippen LogP contribution in [0.3, 0.4) is 0 Å². The predicted molar refractivity (Wildman–Crippen MR) is 62.8 cm³/mol. The number of nitriles is 1. The van der Waals surface area contributed by atoms with Gasteiger partial charge in [0.2, 0.25) is 11.8 Å². The van der Waals surface area contributed by atoms with Crippen LogP contribution in [0.5, 0.6) is 0 Å². The second-order valence-electron chi connectivity index (χ2n) is 5.16. The van der Waals surface area contributed by atoms with Crippen LogP contribution in [0.4, 0.5) is 0 Å². The second kappa shape index (κ2) is 4.74. The summed E-state index contributed by atoms with van der Waals surface area (Å²) in [5, 5.41) is 9.12. The van der Waals surface area contributed by atoms with Crippen molar-refractivity contribution in [3.8, 4) is 6.07 Å². The van der Waals surface area contributed by atoms with Crippen molar-refractivity contribution in [2.45, 2.75) is 19.8 Å². The van der Waals surface area contributed by atoms with Gasteiger partial charge in [-0.1, -0.05) is 6.92 Å². The Kier molecular flexibility index (Phi) is 3.76. The van der Waals surface area contributed by atoms with Gasteiger partial charge in [-0.05, 0) is 18.8 Å². The van der Waals surface area contributed by atoms with E-state index in [0.717, 1.165) is 0 Å². The van der Waals surface area contributed by atoms with Crippen LogP contribution in [0.2, 0.25) is 0 Å². The predicted octanol–water partition coefficient (Wildman–Crippen LogP) is 0.473. The molecule has 1 rings (SSSR count). The highest BCUT2D eigenvalue weighted by Gasteiger charge is 2.50. The van der Waals surface area contributed by atoms with Gasteiger partial charge in [-0.2, -0.15) is 5.26 Å². The quantitative estimate of drug-likeness (QED) is 0.717. The van der Waals surface area contributed by atoms with Gasteiger partial charge in [-0.15, -0.1) is 0 Å². The molecule has 0 N–H and O–H groups in total. The van der Waals surface area contributed by atoms with Crippen LogP contribution in [0.1, 0.15) is 19.8 Å². The number of nitrogens with zero attached hydrogens (tertiary/aromatic N) is 3. The Hall–Kier alpha value is -1.57. The Balaban J connectivity index is 2.64. The minimum absolute atomic E-state index is 0.0314. The number of hydrogen-bond acceptors (Lipinski definition) is 3. The molecule has 0 aromatic heterocycles. The van der Waals surface area contributed by atoms with E-state index in [9.17, 15) is 9.59 Å². The summed E-state index contributed by atoms with van der Waals surface area (Å²) >= 11 is 0. The smallest absolute Gasteiger partial charge is 0.243 e. The second-order valence-corrected chi connectivity index (χ2v) is 5.16. The molecule has 1 saturated carbocycles. The third kappa shape index (κ3) is 2.57. The van der Waals surface area contributed by atoms with Crippen molar-refractivity contribution < 1.29 is 9.59 Å². The molecular formula is C12H19N3O2. The Labute approximate surface area is 102 Å². The minimum Gasteiger partial charge on any atom is -0.347 e. The fraction of sp³-hybridized carbons (Fsp3) is 0.750. The highest BCUT2D eigenvalue weighted by Crippen LogP contribution is 2.46. The number of likely N-dealkylation sites (N-methyl/N-ethyl adjacent to an activating group) is 2. The molecule has 0 saturated heterocycles. The maximum atomic E-state index is 12.1. The molecule has 17 heavy (non-hydrogen) atoms. The monoisotopic (exact) mass is 237 g/mol. The molecule has 94 valence electrons. The van der Waals surface area contributed by atoms with E-state index < -0.39 is 5.41 Å². The van der Waals surface area contributed by atoms with E-state index in [1.165, 1.54) is 9.80 Å². The number of carbonyl (C=O) groups excluding carboxylic acids is 2. The van der Waals surface area contributed by atoms with E-state index in [4.69, 9.17) is 5.26 Å². The molecule has 0 aliphatic heterocycles. The summed E-state index contributed by atoms with van der Waals surface area (Å²) in [4.78, 5) is 26.4. The molecule has 2 amide bonds. The molecule has 0 radical (unpaired) electrons. The lowest BCUT2D eigenvalue weighted by Crippen LogP contribution is -2.50. The first-order chi connectivity index (χ1) is 7.82. The highest BCUT2D eigenvalue weighted by atomic mass is 16.2. The van der Waals surface area contributed by atoms with Gasteiger partial charge in [0, 0.05) is 21.1 Å². The Morgan fingerprint density at radius 3 is 2.24 bits per heavy atom. The molecule has 1 aliphatic carbocycles. The van der Waals surface area contributed by atoms with Gasteiger partial charge in [-0.25, -0.2) is 0 Å². The average molecular weight is 237 g/mol.